The molecule has 2 atom stereocenters. The smallest absolute Gasteiger partial charge is 0.315 e. The summed E-state index contributed by atoms with van der Waals surface area (Å²) in [7, 11) is 1.91. The van der Waals surface area contributed by atoms with E-state index in [9.17, 15) is 4.79 Å². The average Bonchev–Trinajstić information content (AvgIpc) is 2.78. The number of rotatable bonds is 6. The van der Waals surface area contributed by atoms with Gasteiger partial charge in [0.05, 0.1) is 18.3 Å². The lowest BCUT2D eigenvalue weighted by atomic mass is 10.1. The number of aryl methyl sites for hydroxylation is 3. The Labute approximate surface area is 149 Å². The van der Waals surface area contributed by atoms with Gasteiger partial charge >= 0.3 is 6.03 Å². The Bertz CT molecular complexity index is 739. The first-order valence-corrected chi connectivity index (χ1v) is 8.55. The lowest BCUT2D eigenvalue weighted by molar-refractivity contribution is 0.206. The number of carbonyl (C=O) groups excluding carboxylic acids is 1. The van der Waals surface area contributed by atoms with Gasteiger partial charge in [-0.3, -0.25) is 4.68 Å². The summed E-state index contributed by atoms with van der Waals surface area (Å²) in [6.07, 6.45) is -0.121. The summed E-state index contributed by atoms with van der Waals surface area (Å²) >= 11 is 0. The molecule has 0 saturated heterocycles. The van der Waals surface area contributed by atoms with E-state index >= 15 is 0 Å². The third-order valence-electron chi connectivity index (χ3n) is 4.22. The first-order valence-electron chi connectivity index (χ1n) is 8.55. The molecule has 6 nitrogen and oxygen atoms in total. The molecule has 1 heterocycles. The molecule has 2 aromatic rings. The zero-order valence-electron chi connectivity index (χ0n) is 15.9. The lowest BCUT2D eigenvalue weighted by Gasteiger charge is -2.18. The maximum absolute atomic E-state index is 12.2. The average molecular weight is 344 g/mol. The molecule has 6 heteroatoms. The van der Waals surface area contributed by atoms with Crippen LogP contribution < -0.4 is 15.4 Å². The molecule has 0 aliphatic carbocycles. The predicted octanol–water partition coefficient (Wildman–Crippen LogP) is 3.17. The number of carbonyl (C=O) groups is 1. The maximum atomic E-state index is 12.2. The number of ether oxygens (including phenoxy) is 1. The van der Waals surface area contributed by atoms with Crippen molar-refractivity contribution in [1.82, 2.24) is 20.4 Å². The molecule has 0 aliphatic rings. The van der Waals surface area contributed by atoms with E-state index in [1.807, 2.05) is 70.6 Å². The fourth-order valence-corrected chi connectivity index (χ4v) is 2.94. The van der Waals surface area contributed by atoms with E-state index in [0.29, 0.717) is 6.54 Å². The summed E-state index contributed by atoms with van der Waals surface area (Å²) in [6.45, 7) is 10.3. The van der Waals surface area contributed by atoms with Crippen molar-refractivity contribution in [3.63, 3.8) is 0 Å². The molecule has 136 valence electrons. The topological polar surface area (TPSA) is 68.2 Å². The summed E-state index contributed by atoms with van der Waals surface area (Å²) < 4.78 is 7.65. The minimum atomic E-state index is -0.213. The van der Waals surface area contributed by atoms with E-state index in [2.05, 4.69) is 15.7 Å². The van der Waals surface area contributed by atoms with Gasteiger partial charge in [0.25, 0.3) is 0 Å². The van der Waals surface area contributed by atoms with Gasteiger partial charge in [-0.2, -0.15) is 5.10 Å². The van der Waals surface area contributed by atoms with Crippen molar-refractivity contribution in [3.8, 4) is 5.75 Å². The van der Waals surface area contributed by atoms with Crippen molar-refractivity contribution in [2.45, 2.75) is 46.8 Å². The van der Waals surface area contributed by atoms with E-state index < -0.39 is 0 Å². The minimum Gasteiger partial charge on any atom is -0.489 e. The van der Waals surface area contributed by atoms with Gasteiger partial charge in [-0.25, -0.2) is 4.79 Å². The normalized spacial score (nSPS) is 13.2. The maximum Gasteiger partial charge on any atom is 0.315 e. The molecule has 2 rings (SSSR count). The number of amides is 2. The molecule has 1 aromatic heterocycles. The summed E-state index contributed by atoms with van der Waals surface area (Å²) in [5.74, 6) is 0.810. The van der Waals surface area contributed by atoms with Gasteiger partial charge in [0.15, 0.2) is 0 Å². The first-order chi connectivity index (χ1) is 11.8. The highest BCUT2D eigenvalue weighted by molar-refractivity contribution is 5.74. The molecule has 1 aromatic carbocycles. The largest absolute Gasteiger partial charge is 0.489 e. The van der Waals surface area contributed by atoms with Crippen LogP contribution >= 0.6 is 0 Å². The molecule has 0 bridgehead atoms. The molecular weight excluding hydrogens is 316 g/mol. The van der Waals surface area contributed by atoms with Crippen molar-refractivity contribution in [1.29, 1.82) is 0 Å². The third kappa shape index (κ3) is 4.98. The summed E-state index contributed by atoms with van der Waals surface area (Å²) in [4.78, 5) is 12.2. The molecular formula is C19H28N4O2. The van der Waals surface area contributed by atoms with Crippen LogP contribution in [0.2, 0.25) is 0 Å². The van der Waals surface area contributed by atoms with Crippen LogP contribution in [0, 0.1) is 20.8 Å². The van der Waals surface area contributed by atoms with Crippen LogP contribution in [0.25, 0.3) is 0 Å². The second kappa shape index (κ2) is 8.05. The van der Waals surface area contributed by atoms with Crippen LogP contribution in [-0.2, 0) is 7.05 Å². The molecule has 0 spiro atoms. The van der Waals surface area contributed by atoms with Crippen molar-refractivity contribution in [2.75, 3.05) is 6.54 Å². The van der Waals surface area contributed by atoms with Gasteiger partial charge in [-0.15, -0.1) is 0 Å². The third-order valence-corrected chi connectivity index (χ3v) is 4.22. The monoisotopic (exact) mass is 344 g/mol. The van der Waals surface area contributed by atoms with Crippen molar-refractivity contribution >= 4 is 6.03 Å². The zero-order valence-corrected chi connectivity index (χ0v) is 15.9. The minimum absolute atomic E-state index is 0.110. The van der Waals surface area contributed by atoms with Gasteiger partial charge in [0, 0.05) is 18.3 Å². The highest BCUT2D eigenvalue weighted by Crippen LogP contribution is 2.20. The standard InChI is InChI=1S/C19H28N4O2/c1-12-8-7-9-17(10-12)25-13(2)11-20-19(24)21-14(3)18-15(4)22-23(6)16(18)5/h7-10,13-14H,11H2,1-6H3,(H2,20,21,24)/t13-,14-/m1/s1. The number of nitrogens with one attached hydrogen (secondary N) is 2. The van der Waals surface area contributed by atoms with Crippen molar-refractivity contribution < 1.29 is 9.53 Å². The first kappa shape index (κ1) is 18.8. The SMILES string of the molecule is Cc1cccc(O[C@H](C)CNC(=O)N[C@H](C)c2c(C)nn(C)c2C)c1. The van der Waals surface area contributed by atoms with E-state index in [1.165, 1.54) is 0 Å². The van der Waals surface area contributed by atoms with Crippen LogP contribution in [0.1, 0.15) is 42.4 Å². The van der Waals surface area contributed by atoms with E-state index in [4.69, 9.17) is 4.74 Å². The van der Waals surface area contributed by atoms with Gasteiger partial charge < -0.3 is 15.4 Å². The molecule has 0 saturated carbocycles. The van der Waals surface area contributed by atoms with Crippen LogP contribution in [0.5, 0.6) is 5.75 Å². The van der Waals surface area contributed by atoms with Gasteiger partial charge in [-0.1, -0.05) is 12.1 Å². The second-order valence-corrected chi connectivity index (χ2v) is 6.53. The van der Waals surface area contributed by atoms with Gasteiger partial charge in [0.1, 0.15) is 11.9 Å². The van der Waals surface area contributed by atoms with E-state index in [-0.39, 0.29) is 18.2 Å². The van der Waals surface area contributed by atoms with E-state index in [1.54, 1.807) is 0 Å². The van der Waals surface area contributed by atoms with Crippen LogP contribution in [0.4, 0.5) is 4.79 Å². The Morgan fingerprint density at radius 1 is 1.28 bits per heavy atom. The Balaban J connectivity index is 1.83. The summed E-state index contributed by atoms with van der Waals surface area (Å²) in [5.41, 5.74) is 4.19. The number of benzene rings is 1. The molecule has 2 amide bonds. The Morgan fingerprint density at radius 3 is 2.60 bits per heavy atom. The second-order valence-electron chi connectivity index (χ2n) is 6.53. The molecule has 0 radical (unpaired) electrons. The highest BCUT2D eigenvalue weighted by atomic mass is 16.5. The fourth-order valence-electron chi connectivity index (χ4n) is 2.94. The quantitative estimate of drug-likeness (QED) is 0.846. The van der Waals surface area contributed by atoms with Gasteiger partial charge in [-0.05, 0) is 52.3 Å². The summed E-state index contributed by atoms with van der Waals surface area (Å²) in [5, 5.41) is 10.2. The number of hydrogen-bond donors (Lipinski definition) is 2. The highest BCUT2D eigenvalue weighted by Gasteiger charge is 2.18. The molecule has 0 fully saturated rings. The summed E-state index contributed by atoms with van der Waals surface area (Å²) in [6, 6.07) is 7.55. The molecule has 25 heavy (non-hydrogen) atoms. The number of aromatic nitrogens is 2. The fraction of sp³-hybridized carbons (Fsp3) is 0.474. The molecule has 0 unspecified atom stereocenters. The van der Waals surface area contributed by atoms with Gasteiger partial charge in [0.2, 0.25) is 0 Å². The number of hydrogen-bond acceptors (Lipinski definition) is 3. The predicted molar refractivity (Wildman–Crippen MR) is 98.9 cm³/mol. The molecule has 0 aliphatic heterocycles. The Kier molecular flexibility index (Phi) is 6.07. The molecule has 2 N–H and O–H groups in total. The van der Waals surface area contributed by atoms with Crippen LogP contribution in [0.15, 0.2) is 24.3 Å². The Morgan fingerprint density at radius 2 is 2.00 bits per heavy atom. The van der Waals surface area contributed by atoms with Crippen LogP contribution in [-0.4, -0.2) is 28.5 Å². The zero-order chi connectivity index (χ0) is 18.6. The van der Waals surface area contributed by atoms with Crippen molar-refractivity contribution in [3.05, 3.63) is 46.8 Å². The number of nitrogens with zero attached hydrogens (tertiary/aromatic N) is 2. The van der Waals surface area contributed by atoms with Crippen LogP contribution in [0.3, 0.4) is 0 Å². The lowest BCUT2D eigenvalue weighted by Crippen LogP contribution is -2.41. The number of urea groups is 1. The Hall–Kier alpha value is -2.50. The van der Waals surface area contributed by atoms with Crippen molar-refractivity contribution in [2.24, 2.45) is 7.05 Å². The van der Waals surface area contributed by atoms with E-state index in [0.717, 1.165) is 28.3 Å².